The Hall–Kier alpha value is -0.610. The average molecular weight is 184 g/mol. The van der Waals surface area contributed by atoms with E-state index >= 15 is 0 Å². The van der Waals surface area contributed by atoms with E-state index in [4.69, 9.17) is 4.74 Å². The molecule has 1 amide bonds. The van der Waals surface area contributed by atoms with Crippen LogP contribution in [0.3, 0.4) is 0 Å². The summed E-state index contributed by atoms with van der Waals surface area (Å²) >= 11 is 0. The number of carbonyl (C=O) groups excluding carboxylic acids is 1. The highest BCUT2D eigenvalue weighted by atomic mass is 16.5. The summed E-state index contributed by atoms with van der Waals surface area (Å²) in [6, 6.07) is 0.264. The maximum atomic E-state index is 11.4. The van der Waals surface area contributed by atoms with Gasteiger partial charge in [-0.2, -0.15) is 0 Å². The molecule has 0 radical (unpaired) electrons. The number of amides is 1. The fraction of sp³-hybridized carbons (Fsp3) is 0.889. The molecule has 2 fully saturated rings. The van der Waals surface area contributed by atoms with Gasteiger partial charge in [-0.15, -0.1) is 0 Å². The van der Waals surface area contributed by atoms with Gasteiger partial charge in [-0.3, -0.25) is 4.79 Å². The molecule has 0 saturated carbocycles. The zero-order chi connectivity index (χ0) is 9.10. The molecule has 0 aromatic carbocycles. The minimum atomic E-state index is 0.182. The molecule has 2 aliphatic heterocycles. The zero-order valence-electron chi connectivity index (χ0n) is 7.71. The Bertz CT molecular complexity index is 186. The quantitative estimate of drug-likeness (QED) is 0.622. The van der Waals surface area contributed by atoms with Crippen molar-refractivity contribution in [2.24, 2.45) is 5.92 Å². The summed E-state index contributed by atoms with van der Waals surface area (Å²) in [7, 11) is 0. The van der Waals surface area contributed by atoms with Crippen LogP contribution >= 0.6 is 0 Å². The van der Waals surface area contributed by atoms with Crippen molar-refractivity contribution in [2.75, 3.05) is 26.3 Å². The lowest BCUT2D eigenvalue weighted by Crippen LogP contribution is -2.46. The second kappa shape index (κ2) is 4.07. The van der Waals surface area contributed by atoms with Gasteiger partial charge in [0.15, 0.2) is 0 Å². The van der Waals surface area contributed by atoms with Gasteiger partial charge in [0.1, 0.15) is 0 Å². The first kappa shape index (κ1) is 8.97. The monoisotopic (exact) mass is 184 g/mol. The molecule has 74 valence electrons. The fourth-order valence-electron chi connectivity index (χ4n) is 1.69. The van der Waals surface area contributed by atoms with Gasteiger partial charge in [0.2, 0.25) is 5.91 Å². The van der Waals surface area contributed by atoms with Crippen molar-refractivity contribution in [3.05, 3.63) is 0 Å². The van der Waals surface area contributed by atoms with E-state index in [1.807, 2.05) is 0 Å². The van der Waals surface area contributed by atoms with Crippen LogP contribution in [0.5, 0.6) is 0 Å². The average Bonchev–Trinajstić information content (AvgIpc) is 2.49. The van der Waals surface area contributed by atoms with E-state index < -0.39 is 0 Å². The Morgan fingerprint density at radius 3 is 2.92 bits per heavy atom. The van der Waals surface area contributed by atoms with Gasteiger partial charge >= 0.3 is 0 Å². The molecule has 0 aliphatic carbocycles. The topological polar surface area (TPSA) is 50.4 Å². The third-order valence-corrected chi connectivity index (χ3v) is 2.63. The number of rotatable bonds is 3. The molecule has 2 aliphatic rings. The van der Waals surface area contributed by atoms with E-state index in [0.29, 0.717) is 18.9 Å². The van der Waals surface area contributed by atoms with Gasteiger partial charge in [-0.25, -0.2) is 0 Å². The SMILES string of the molecule is O=C(CC1CNC1)NC1CCOC1. The summed E-state index contributed by atoms with van der Waals surface area (Å²) in [4.78, 5) is 11.4. The van der Waals surface area contributed by atoms with Crippen LogP contribution in [0.4, 0.5) is 0 Å². The van der Waals surface area contributed by atoms with Crippen LogP contribution in [0.15, 0.2) is 0 Å². The van der Waals surface area contributed by atoms with Crippen LogP contribution < -0.4 is 10.6 Å². The second-order valence-corrected chi connectivity index (χ2v) is 3.86. The maximum absolute atomic E-state index is 11.4. The van der Waals surface area contributed by atoms with Crippen molar-refractivity contribution in [1.82, 2.24) is 10.6 Å². The van der Waals surface area contributed by atoms with Crippen LogP contribution in [0, 0.1) is 5.92 Å². The predicted molar refractivity (Wildman–Crippen MR) is 48.3 cm³/mol. The van der Waals surface area contributed by atoms with E-state index in [-0.39, 0.29) is 11.9 Å². The molecule has 2 saturated heterocycles. The van der Waals surface area contributed by atoms with Crippen LogP contribution in [0.1, 0.15) is 12.8 Å². The molecule has 4 nitrogen and oxygen atoms in total. The van der Waals surface area contributed by atoms with Crippen LogP contribution in [-0.2, 0) is 9.53 Å². The molecule has 0 bridgehead atoms. The Labute approximate surface area is 78.0 Å². The molecule has 13 heavy (non-hydrogen) atoms. The molecular formula is C9H16N2O2. The number of hydrogen-bond donors (Lipinski definition) is 2. The van der Waals surface area contributed by atoms with E-state index in [2.05, 4.69) is 10.6 Å². The van der Waals surface area contributed by atoms with Crippen LogP contribution in [0.25, 0.3) is 0 Å². The van der Waals surface area contributed by atoms with E-state index in [9.17, 15) is 4.79 Å². The van der Waals surface area contributed by atoms with Crippen molar-refractivity contribution in [2.45, 2.75) is 18.9 Å². The van der Waals surface area contributed by atoms with E-state index in [1.165, 1.54) is 0 Å². The molecule has 1 unspecified atom stereocenters. The summed E-state index contributed by atoms with van der Waals surface area (Å²) < 4.78 is 5.18. The highest BCUT2D eigenvalue weighted by Gasteiger charge is 2.23. The Morgan fingerprint density at radius 2 is 2.38 bits per heavy atom. The van der Waals surface area contributed by atoms with Crippen molar-refractivity contribution >= 4 is 5.91 Å². The number of nitrogens with one attached hydrogen (secondary N) is 2. The summed E-state index contributed by atoms with van der Waals surface area (Å²) in [6.45, 7) is 3.47. The van der Waals surface area contributed by atoms with Gasteiger partial charge in [-0.1, -0.05) is 0 Å². The molecule has 0 spiro atoms. The lowest BCUT2D eigenvalue weighted by atomic mass is 9.99. The summed E-state index contributed by atoms with van der Waals surface area (Å²) in [5.74, 6) is 0.740. The molecule has 2 rings (SSSR count). The second-order valence-electron chi connectivity index (χ2n) is 3.86. The predicted octanol–water partition coefficient (Wildman–Crippen LogP) is -0.499. The summed E-state index contributed by atoms with van der Waals surface area (Å²) in [5, 5.41) is 6.14. The number of carbonyl (C=O) groups is 1. The summed E-state index contributed by atoms with van der Waals surface area (Å²) in [6.07, 6.45) is 1.64. The molecule has 2 heterocycles. The first-order valence-corrected chi connectivity index (χ1v) is 4.92. The minimum Gasteiger partial charge on any atom is -0.379 e. The van der Waals surface area contributed by atoms with Gasteiger partial charge in [0, 0.05) is 13.0 Å². The molecule has 2 N–H and O–H groups in total. The van der Waals surface area contributed by atoms with Crippen molar-refractivity contribution in [3.8, 4) is 0 Å². The lowest BCUT2D eigenvalue weighted by Gasteiger charge is -2.26. The maximum Gasteiger partial charge on any atom is 0.220 e. The molecule has 1 atom stereocenters. The Balaban J connectivity index is 1.64. The smallest absolute Gasteiger partial charge is 0.220 e. The molecular weight excluding hydrogens is 168 g/mol. The largest absolute Gasteiger partial charge is 0.379 e. The number of hydrogen-bond acceptors (Lipinski definition) is 3. The first-order chi connectivity index (χ1) is 6.34. The normalized spacial score (nSPS) is 28.5. The third-order valence-electron chi connectivity index (χ3n) is 2.63. The number of ether oxygens (including phenoxy) is 1. The highest BCUT2D eigenvalue weighted by Crippen LogP contribution is 2.09. The van der Waals surface area contributed by atoms with Crippen LogP contribution in [0.2, 0.25) is 0 Å². The van der Waals surface area contributed by atoms with Gasteiger partial charge in [-0.05, 0) is 25.4 Å². The lowest BCUT2D eigenvalue weighted by molar-refractivity contribution is -0.123. The fourth-order valence-corrected chi connectivity index (χ4v) is 1.69. The standard InChI is InChI=1S/C9H16N2O2/c12-9(3-7-4-10-5-7)11-8-1-2-13-6-8/h7-8,10H,1-6H2,(H,11,12). The van der Waals surface area contributed by atoms with Crippen molar-refractivity contribution in [3.63, 3.8) is 0 Å². The van der Waals surface area contributed by atoms with Gasteiger partial charge < -0.3 is 15.4 Å². The summed E-state index contributed by atoms with van der Waals surface area (Å²) in [5.41, 5.74) is 0. The van der Waals surface area contributed by atoms with Gasteiger partial charge in [0.25, 0.3) is 0 Å². The Kier molecular flexibility index (Phi) is 2.80. The van der Waals surface area contributed by atoms with Gasteiger partial charge in [0.05, 0.1) is 12.6 Å². The minimum absolute atomic E-state index is 0.182. The molecule has 0 aromatic rings. The molecule has 0 aromatic heterocycles. The zero-order valence-corrected chi connectivity index (χ0v) is 7.71. The first-order valence-electron chi connectivity index (χ1n) is 4.92. The van der Waals surface area contributed by atoms with Crippen molar-refractivity contribution in [1.29, 1.82) is 0 Å². The highest BCUT2D eigenvalue weighted by molar-refractivity contribution is 5.76. The van der Waals surface area contributed by atoms with E-state index in [1.54, 1.807) is 0 Å². The Morgan fingerprint density at radius 1 is 1.54 bits per heavy atom. The third kappa shape index (κ3) is 2.42. The van der Waals surface area contributed by atoms with Crippen molar-refractivity contribution < 1.29 is 9.53 Å². The molecule has 4 heteroatoms. The van der Waals surface area contributed by atoms with E-state index in [0.717, 1.165) is 26.1 Å². The van der Waals surface area contributed by atoms with Crippen LogP contribution in [-0.4, -0.2) is 38.3 Å².